The van der Waals surface area contributed by atoms with Crippen molar-refractivity contribution in [2.45, 2.75) is 49.2 Å². The quantitative estimate of drug-likeness (QED) is 0.373. The zero-order valence-corrected chi connectivity index (χ0v) is 17.3. The lowest BCUT2D eigenvalue weighted by Crippen LogP contribution is -2.00. The van der Waals surface area contributed by atoms with Crippen LogP contribution in [0, 0.1) is 0 Å². The summed E-state index contributed by atoms with van der Waals surface area (Å²) in [6.45, 7) is 4.39. The summed E-state index contributed by atoms with van der Waals surface area (Å²) in [7, 11) is 0. The molecule has 1 aliphatic carbocycles. The maximum absolute atomic E-state index is 11.0. The number of hydrogen-bond donors (Lipinski definition) is 1. The first-order valence-electron chi connectivity index (χ1n) is 8.54. The standard InChI is InChI=1S/C18H19N3O2S3/c1-8(2)13-10-6-4-5-9(10)12-14-15(26-16(12)19-13)17(25-7-11(22)23)21-18(20-14)24-3/h8H,4-7H2,1-3H3,(H,22,23). The first-order valence-corrected chi connectivity index (χ1v) is 11.6. The molecule has 1 aliphatic rings. The van der Waals surface area contributed by atoms with Gasteiger partial charge in [0.15, 0.2) is 5.16 Å². The molecule has 3 aromatic rings. The van der Waals surface area contributed by atoms with Crippen LogP contribution in [0.4, 0.5) is 0 Å². The molecule has 136 valence electrons. The Hall–Kier alpha value is -1.38. The summed E-state index contributed by atoms with van der Waals surface area (Å²) in [5, 5.41) is 11.7. The van der Waals surface area contributed by atoms with E-state index < -0.39 is 5.97 Å². The Morgan fingerprint density at radius 2 is 2.00 bits per heavy atom. The van der Waals surface area contributed by atoms with E-state index in [-0.39, 0.29) is 5.75 Å². The van der Waals surface area contributed by atoms with Crippen molar-refractivity contribution in [2.24, 2.45) is 0 Å². The molecule has 0 fully saturated rings. The van der Waals surface area contributed by atoms with Gasteiger partial charge in [-0.25, -0.2) is 15.0 Å². The lowest BCUT2D eigenvalue weighted by atomic mass is 9.99. The highest BCUT2D eigenvalue weighted by Crippen LogP contribution is 2.43. The highest BCUT2D eigenvalue weighted by molar-refractivity contribution is 8.00. The van der Waals surface area contributed by atoms with E-state index >= 15 is 0 Å². The Morgan fingerprint density at radius 1 is 1.23 bits per heavy atom. The molecule has 0 unspecified atom stereocenters. The van der Waals surface area contributed by atoms with Crippen LogP contribution in [-0.4, -0.2) is 38.0 Å². The van der Waals surface area contributed by atoms with Crippen LogP contribution in [-0.2, 0) is 17.6 Å². The first kappa shape index (κ1) is 18.0. The number of aryl methyl sites for hydroxylation is 1. The van der Waals surface area contributed by atoms with Crippen molar-refractivity contribution >= 4 is 61.3 Å². The highest BCUT2D eigenvalue weighted by Gasteiger charge is 2.26. The normalized spacial score (nSPS) is 13.8. The van der Waals surface area contributed by atoms with Gasteiger partial charge in [0.2, 0.25) is 0 Å². The van der Waals surface area contributed by atoms with E-state index in [1.54, 1.807) is 11.3 Å². The summed E-state index contributed by atoms with van der Waals surface area (Å²) < 4.78 is 0.964. The van der Waals surface area contributed by atoms with Crippen molar-refractivity contribution in [1.29, 1.82) is 0 Å². The van der Waals surface area contributed by atoms with Gasteiger partial charge in [-0.3, -0.25) is 4.79 Å². The van der Waals surface area contributed by atoms with Crippen LogP contribution < -0.4 is 0 Å². The SMILES string of the molecule is CSc1nc(SCC(=O)O)c2sc3nc(C(C)C)c4c(c3c2n1)CCC4. The molecule has 4 rings (SSSR count). The van der Waals surface area contributed by atoms with Crippen LogP contribution in [0.25, 0.3) is 20.4 Å². The van der Waals surface area contributed by atoms with Crippen molar-refractivity contribution in [3.8, 4) is 0 Å². The number of nitrogens with zero attached hydrogens (tertiary/aromatic N) is 3. The molecule has 0 saturated carbocycles. The minimum Gasteiger partial charge on any atom is -0.481 e. The van der Waals surface area contributed by atoms with E-state index in [2.05, 4.69) is 18.8 Å². The van der Waals surface area contributed by atoms with Gasteiger partial charge in [-0.15, -0.1) is 11.3 Å². The summed E-state index contributed by atoms with van der Waals surface area (Å²) in [5.74, 6) is -0.448. The molecule has 0 bridgehead atoms. The number of aromatic nitrogens is 3. The molecule has 0 amide bonds. The summed E-state index contributed by atoms with van der Waals surface area (Å²) in [6, 6.07) is 0. The number of carboxylic acids is 1. The Bertz CT molecular complexity index is 1030. The number of thioether (sulfide) groups is 2. The summed E-state index contributed by atoms with van der Waals surface area (Å²) in [4.78, 5) is 26.4. The number of aliphatic carboxylic acids is 1. The monoisotopic (exact) mass is 405 g/mol. The summed E-state index contributed by atoms with van der Waals surface area (Å²) in [5.41, 5.74) is 4.94. The van der Waals surface area contributed by atoms with Crippen LogP contribution in [0.2, 0.25) is 0 Å². The zero-order valence-electron chi connectivity index (χ0n) is 14.8. The third-order valence-electron chi connectivity index (χ3n) is 4.58. The molecule has 0 radical (unpaired) electrons. The van der Waals surface area contributed by atoms with E-state index in [0.29, 0.717) is 11.1 Å². The average molecular weight is 406 g/mol. The molecule has 0 saturated heterocycles. The molecule has 26 heavy (non-hydrogen) atoms. The third kappa shape index (κ3) is 2.97. The molecular weight excluding hydrogens is 386 g/mol. The lowest BCUT2D eigenvalue weighted by Gasteiger charge is -2.11. The number of rotatable bonds is 5. The van der Waals surface area contributed by atoms with E-state index in [1.807, 2.05) is 6.26 Å². The molecule has 1 N–H and O–H groups in total. The maximum atomic E-state index is 11.0. The zero-order chi connectivity index (χ0) is 18.4. The van der Waals surface area contributed by atoms with E-state index in [4.69, 9.17) is 15.1 Å². The van der Waals surface area contributed by atoms with Gasteiger partial charge in [0.05, 0.1) is 16.0 Å². The molecule has 5 nitrogen and oxygen atoms in total. The fourth-order valence-electron chi connectivity index (χ4n) is 3.55. The van der Waals surface area contributed by atoms with Crippen molar-refractivity contribution < 1.29 is 9.90 Å². The van der Waals surface area contributed by atoms with Crippen molar-refractivity contribution in [2.75, 3.05) is 12.0 Å². The second kappa shape index (κ2) is 6.98. The molecule has 0 aromatic carbocycles. The molecule has 0 atom stereocenters. The van der Waals surface area contributed by atoms with Crippen LogP contribution >= 0.6 is 34.9 Å². The van der Waals surface area contributed by atoms with E-state index in [0.717, 1.165) is 44.7 Å². The number of hydrogen-bond acceptors (Lipinski definition) is 7. The average Bonchev–Trinajstić information content (AvgIpc) is 3.22. The lowest BCUT2D eigenvalue weighted by molar-refractivity contribution is -0.133. The van der Waals surface area contributed by atoms with Gasteiger partial charge in [-0.2, -0.15) is 0 Å². The van der Waals surface area contributed by atoms with Crippen molar-refractivity contribution in [3.63, 3.8) is 0 Å². The van der Waals surface area contributed by atoms with Gasteiger partial charge < -0.3 is 5.11 Å². The summed E-state index contributed by atoms with van der Waals surface area (Å²) >= 11 is 4.35. The Kier molecular flexibility index (Phi) is 4.83. The minimum absolute atomic E-state index is 0.00302. The molecular formula is C18H19N3O2S3. The van der Waals surface area contributed by atoms with Crippen LogP contribution in [0.3, 0.4) is 0 Å². The first-order chi connectivity index (χ1) is 12.5. The third-order valence-corrected chi connectivity index (χ3v) is 7.29. The van der Waals surface area contributed by atoms with Gasteiger partial charge in [0.1, 0.15) is 9.86 Å². The Balaban J connectivity index is 2.03. The number of carbonyl (C=O) groups is 1. The molecule has 3 aromatic heterocycles. The Morgan fingerprint density at radius 3 is 2.69 bits per heavy atom. The molecule has 3 heterocycles. The number of carboxylic acid groups (broad SMARTS) is 1. The van der Waals surface area contributed by atoms with Gasteiger partial charge in [0.25, 0.3) is 0 Å². The van der Waals surface area contributed by atoms with Crippen LogP contribution in [0.1, 0.15) is 43.0 Å². The fourth-order valence-corrected chi connectivity index (χ4v) is 5.95. The smallest absolute Gasteiger partial charge is 0.313 e. The predicted molar refractivity (Wildman–Crippen MR) is 109 cm³/mol. The number of thiophene rings is 1. The van der Waals surface area contributed by atoms with Crippen molar-refractivity contribution in [1.82, 2.24) is 15.0 Å². The summed E-state index contributed by atoms with van der Waals surface area (Å²) in [6.07, 6.45) is 5.26. The number of fused-ring (bicyclic) bond motifs is 5. The molecule has 0 spiro atoms. The van der Waals surface area contributed by atoms with E-state index in [9.17, 15) is 4.79 Å². The Labute approximate surface area is 164 Å². The highest BCUT2D eigenvalue weighted by atomic mass is 32.2. The second-order valence-corrected chi connectivity index (χ2v) is 9.36. The van der Waals surface area contributed by atoms with Crippen LogP contribution in [0.5, 0.6) is 0 Å². The predicted octanol–water partition coefficient (Wildman–Crippen LogP) is 4.75. The number of pyridine rings is 1. The van der Waals surface area contributed by atoms with Gasteiger partial charge in [-0.1, -0.05) is 37.4 Å². The second-order valence-electron chi connectivity index (χ2n) is 6.62. The maximum Gasteiger partial charge on any atom is 0.313 e. The van der Waals surface area contributed by atoms with E-state index in [1.165, 1.54) is 40.3 Å². The van der Waals surface area contributed by atoms with Gasteiger partial charge >= 0.3 is 5.97 Å². The van der Waals surface area contributed by atoms with Gasteiger partial charge in [0, 0.05) is 11.1 Å². The van der Waals surface area contributed by atoms with Crippen LogP contribution in [0.15, 0.2) is 10.2 Å². The van der Waals surface area contributed by atoms with Gasteiger partial charge in [-0.05, 0) is 42.6 Å². The fraction of sp³-hybridized carbons (Fsp3) is 0.444. The molecule has 0 aliphatic heterocycles. The molecule has 8 heteroatoms. The topological polar surface area (TPSA) is 76.0 Å². The van der Waals surface area contributed by atoms with Crippen molar-refractivity contribution in [3.05, 3.63) is 16.8 Å². The minimum atomic E-state index is -0.838. The largest absolute Gasteiger partial charge is 0.481 e.